The molecular weight excluding hydrogens is 364 g/mol. The molecule has 0 aromatic carbocycles. The van der Waals surface area contributed by atoms with Gasteiger partial charge in [-0.2, -0.15) is 0 Å². The molecule has 1 aromatic heterocycles. The number of rotatable bonds is 4. The van der Waals surface area contributed by atoms with Gasteiger partial charge >= 0.3 is 12.1 Å². The van der Waals surface area contributed by atoms with E-state index >= 15 is 0 Å². The third-order valence-electron chi connectivity index (χ3n) is 5.41. The number of carbonyl (C=O) groups excluding carboxylic acids is 2. The summed E-state index contributed by atoms with van der Waals surface area (Å²) in [4.78, 5) is 31.8. The van der Waals surface area contributed by atoms with E-state index in [2.05, 4.69) is 4.98 Å². The smallest absolute Gasteiger partial charge is 0.410 e. The molecule has 2 aliphatic rings. The molecule has 150 valence electrons. The number of hydrogen-bond donors (Lipinski definition) is 0. The first-order valence-electron chi connectivity index (χ1n) is 9.79. The topological polar surface area (TPSA) is 68.7 Å². The molecule has 1 aliphatic heterocycles. The molecule has 27 heavy (non-hydrogen) atoms. The fourth-order valence-electron chi connectivity index (χ4n) is 4.21. The van der Waals surface area contributed by atoms with Crippen LogP contribution in [0.4, 0.5) is 4.79 Å². The first kappa shape index (κ1) is 20.1. The van der Waals surface area contributed by atoms with Crippen molar-refractivity contribution in [1.82, 2.24) is 9.88 Å². The maximum Gasteiger partial charge on any atom is 0.410 e. The van der Waals surface area contributed by atoms with Crippen molar-refractivity contribution in [2.45, 2.75) is 76.9 Å². The van der Waals surface area contributed by atoms with Gasteiger partial charge in [-0.25, -0.2) is 9.78 Å². The molecule has 0 bridgehead atoms. The average Bonchev–Trinajstić information content (AvgIpc) is 3.22. The maximum atomic E-state index is 12.7. The highest BCUT2D eigenvalue weighted by Gasteiger charge is 2.47. The number of nitrogens with zero attached hydrogens (tertiary/aromatic N) is 2. The van der Waals surface area contributed by atoms with Crippen LogP contribution in [-0.4, -0.2) is 47.2 Å². The molecule has 1 saturated carbocycles. The van der Waals surface area contributed by atoms with Crippen molar-refractivity contribution in [2.24, 2.45) is 5.92 Å². The fourth-order valence-corrected chi connectivity index (χ4v) is 5.29. The van der Waals surface area contributed by atoms with E-state index < -0.39 is 5.60 Å². The summed E-state index contributed by atoms with van der Waals surface area (Å²) in [5, 5.41) is 1.08. The van der Waals surface area contributed by atoms with Crippen molar-refractivity contribution in [2.75, 3.05) is 13.7 Å². The predicted octanol–water partition coefficient (Wildman–Crippen LogP) is 4.14. The van der Waals surface area contributed by atoms with Gasteiger partial charge in [-0.3, -0.25) is 4.79 Å². The van der Waals surface area contributed by atoms with Crippen LogP contribution in [0.1, 0.15) is 68.7 Å². The minimum absolute atomic E-state index is 0.200. The number of ether oxygens (including phenoxy) is 2. The van der Waals surface area contributed by atoms with Gasteiger partial charge in [-0.1, -0.05) is 12.8 Å². The van der Waals surface area contributed by atoms with Gasteiger partial charge in [0.2, 0.25) is 0 Å². The van der Waals surface area contributed by atoms with Crippen LogP contribution >= 0.6 is 11.3 Å². The Morgan fingerprint density at radius 3 is 2.74 bits per heavy atom. The first-order valence-corrected chi connectivity index (χ1v) is 10.6. The lowest BCUT2D eigenvalue weighted by molar-refractivity contribution is -0.140. The number of hydrogen-bond acceptors (Lipinski definition) is 6. The van der Waals surface area contributed by atoms with Crippen LogP contribution in [0.15, 0.2) is 6.20 Å². The van der Waals surface area contributed by atoms with Gasteiger partial charge < -0.3 is 14.4 Å². The number of carbonyl (C=O) groups is 2. The van der Waals surface area contributed by atoms with Gasteiger partial charge in [0.05, 0.1) is 18.5 Å². The Hall–Kier alpha value is -1.63. The summed E-state index contributed by atoms with van der Waals surface area (Å²) in [6.07, 6.45) is 7.24. The van der Waals surface area contributed by atoms with E-state index in [1.807, 2.05) is 31.9 Å². The summed E-state index contributed by atoms with van der Waals surface area (Å²) in [5.41, 5.74) is -0.485. The fraction of sp³-hybridized carbons (Fsp3) is 0.750. The Balaban J connectivity index is 1.72. The molecule has 0 N–H and O–H groups in total. The van der Waals surface area contributed by atoms with E-state index in [0.717, 1.165) is 29.1 Å². The van der Waals surface area contributed by atoms with Crippen molar-refractivity contribution < 1.29 is 19.1 Å². The van der Waals surface area contributed by atoms with Gasteiger partial charge in [0.15, 0.2) is 0 Å². The number of thiazole rings is 1. The van der Waals surface area contributed by atoms with Crippen LogP contribution in [0.25, 0.3) is 0 Å². The summed E-state index contributed by atoms with van der Waals surface area (Å²) in [6, 6.07) is 0.251. The Morgan fingerprint density at radius 2 is 2.04 bits per heavy atom. The number of fused-ring (bicyclic) bond motifs is 1. The molecule has 2 fully saturated rings. The largest absolute Gasteiger partial charge is 0.469 e. The number of aromatic nitrogens is 1. The molecule has 6 nitrogen and oxygen atoms in total. The van der Waals surface area contributed by atoms with Crippen LogP contribution in [0.5, 0.6) is 0 Å². The summed E-state index contributed by atoms with van der Waals surface area (Å²) < 4.78 is 10.4. The second-order valence-corrected chi connectivity index (χ2v) is 9.64. The lowest BCUT2D eigenvalue weighted by atomic mass is 9.80. The van der Waals surface area contributed by atoms with Crippen molar-refractivity contribution >= 4 is 23.4 Å². The van der Waals surface area contributed by atoms with Gasteiger partial charge in [0, 0.05) is 29.6 Å². The van der Waals surface area contributed by atoms with Crippen LogP contribution < -0.4 is 0 Å². The minimum atomic E-state index is -0.485. The monoisotopic (exact) mass is 394 g/mol. The van der Waals surface area contributed by atoms with Crippen molar-refractivity contribution in [3.63, 3.8) is 0 Å². The van der Waals surface area contributed by atoms with Crippen LogP contribution in [0, 0.1) is 5.92 Å². The van der Waals surface area contributed by atoms with Crippen molar-refractivity contribution in [3.05, 3.63) is 16.1 Å². The number of amides is 1. The Labute approximate surface area is 165 Å². The Morgan fingerprint density at radius 1 is 1.30 bits per heavy atom. The lowest BCUT2D eigenvalue weighted by Crippen LogP contribution is -2.42. The molecule has 1 saturated heterocycles. The zero-order valence-electron chi connectivity index (χ0n) is 16.7. The van der Waals surface area contributed by atoms with Crippen molar-refractivity contribution in [3.8, 4) is 0 Å². The molecule has 3 rings (SSSR count). The molecule has 7 heteroatoms. The molecule has 0 radical (unpaired) electrons. The number of aryl methyl sites for hydroxylation is 1. The Kier molecular flexibility index (Phi) is 6.08. The molecule has 1 aromatic rings. The molecule has 1 amide bonds. The summed E-state index contributed by atoms with van der Waals surface area (Å²) in [5.74, 6) is 0.514. The standard InChI is InChI=1S/C20H30N2O4S/c1-20(2,3)26-19(24)22-12-15(14-7-5-6-8-16(14)22)18-21-11-13(27-18)9-10-17(23)25-4/h11,14-16H,5-10,12H2,1-4H3. The van der Waals surface area contributed by atoms with Crippen molar-refractivity contribution in [1.29, 1.82) is 0 Å². The normalized spacial score (nSPS) is 25.2. The first-order chi connectivity index (χ1) is 12.8. The third kappa shape index (κ3) is 4.81. The zero-order valence-corrected chi connectivity index (χ0v) is 17.5. The predicted molar refractivity (Wildman–Crippen MR) is 104 cm³/mol. The molecule has 0 spiro atoms. The molecule has 3 unspecified atom stereocenters. The second-order valence-electron chi connectivity index (χ2n) is 8.50. The van der Waals surface area contributed by atoms with E-state index in [1.165, 1.54) is 13.5 Å². The molecule has 2 heterocycles. The maximum absolute atomic E-state index is 12.7. The highest BCUT2D eigenvalue weighted by atomic mass is 32.1. The van der Waals surface area contributed by atoms with E-state index in [0.29, 0.717) is 25.3 Å². The van der Waals surface area contributed by atoms with Crippen LogP contribution in [-0.2, 0) is 20.7 Å². The number of esters is 1. The number of methoxy groups -OCH3 is 1. The van der Waals surface area contributed by atoms with Gasteiger partial charge in [-0.05, 0) is 46.0 Å². The van der Waals surface area contributed by atoms with E-state index in [4.69, 9.17) is 9.47 Å². The third-order valence-corrected chi connectivity index (χ3v) is 6.60. The zero-order chi connectivity index (χ0) is 19.6. The summed E-state index contributed by atoms with van der Waals surface area (Å²) >= 11 is 1.67. The highest BCUT2D eigenvalue weighted by molar-refractivity contribution is 7.11. The van der Waals surface area contributed by atoms with E-state index in [1.54, 1.807) is 11.3 Å². The van der Waals surface area contributed by atoms with E-state index in [9.17, 15) is 9.59 Å². The molecule has 3 atom stereocenters. The summed E-state index contributed by atoms with van der Waals surface area (Å²) in [6.45, 7) is 6.40. The van der Waals surface area contributed by atoms with E-state index in [-0.39, 0.29) is 24.0 Å². The van der Waals surface area contributed by atoms with Gasteiger partial charge in [0.25, 0.3) is 0 Å². The minimum Gasteiger partial charge on any atom is -0.469 e. The van der Waals surface area contributed by atoms with Crippen LogP contribution in [0.3, 0.4) is 0 Å². The second kappa shape index (κ2) is 8.17. The Bertz CT molecular complexity index is 682. The quantitative estimate of drug-likeness (QED) is 0.718. The average molecular weight is 395 g/mol. The number of likely N-dealkylation sites (tertiary alicyclic amines) is 1. The molecule has 1 aliphatic carbocycles. The summed E-state index contributed by atoms with van der Waals surface area (Å²) in [7, 11) is 1.41. The van der Waals surface area contributed by atoms with Crippen LogP contribution in [0.2, 0.25) is 0 Å². The SMILES string of the molecule is COC(=O)CCc1cnc(C2CN(C(=O)OC(C)(C)C)C3CCCCC23)s1. The lowest BCUT2D eigenvalue weighted by Gasteiger charge is -2.33. The van der Waals surface area contributed by atoms with Gasteiger partial charge in [-0.15, -0.1) is 11.3 Å². The van der Waals surface area contributed by atoms with Gasteiger partial charge in [0.1, 0.15) is 5.60 Å². The highest BCUT2D eigenvalue weighted by Crippen LogP contribution is 2.46. The molecular formula is C20H30N2O4S.